The monoisotopic (exact) mass is 457 g/mol. The van der Waals surface area contributed by atoms with Crippen molar-refractivity contribution in [2.24, 2.45) is 0 Å². The summed E-state index contributed by atoms with van der Waals surface area (Å²) in [6.45, 7) is 1.98. The van der Waals surface area contributed by atoms with Crippen molar-refractivity contribution in [2.45, 2.75) is 24.3 Å². The van der Waals surface area contributed by atoms with Gasteiger partial charge in [0.2, 0.25) is 11.1 Å². The van der Waals surface area contributed by atoms with Gasteiger partial charge in [0.25, 0.3) is 0 Å². The predicted octanol–water partition coefficient (Wildman–Crippen LogP) is 4.44. The molecule has 9 heteroatoms. The highest BCUT2D eigenvalue weighted by Crippen LogP contribution is 2.21. The van der Waals surface area contributed by atoms with E-state index in [9.17, 15) is 4.79 Å². The van der Waals surface area contributed by atoms with Crippen molar-refractivity contribution in [1.29, 1.82) is 0 Å². The number of carbonyl (C=O) groups excluding carboxylic acids is 1. The molecule has 0 radical (unpaired) electrons. The Morgan fingerprint density at radius 3 is 2.60 bits per heavy atom. The van der Waals surface area contributed by atoms with Crippen LogP contribution in [0.25, 0.3) is 6.08 Å². The lowest BCUT2D eigenvalue weighted by Gasteiger charge is -2.13. The number of aryl methyl sites for hydroxylation is 1. The van der Waals surface area contributed by atoms with Crippen LogP contribution in [-0.4, -0.2) is 25.9 Å². The highest BCUT2D eigenvalue weighted by molar-refractivity contribution is 7.98. The van der Waals surface area contributed by atoms with E-state index in [-0.39, 0.29) is 11.0 Å². The summed E-state index contributed by atoms with van der Waals surface area (Å²) < 4.78 is 1.71. The lowest BCUT2D eigenvalue weighted by molar-refractivity contribution is -0.115. The van der Waals surface area contributed by atoms with E-state index in [1.165, 1.54) is 23.4 Å². The molecule has 3 rings (SSSR count). The second-order valence-corrected chi connectivity index (χ2v) is 7.96. The Kier molecular flexibility index (Phi) is 8.01. The highest BCUT2D eigenvalue weighted by atomic mass is 35.5. The molecular formula is C21H20ClN5OS2. The Hall–Kier alpha value is -2.68. The first-order valence-corrected chi connectivity index (χ1v) is 11.0. The van der Waals surface area contributed by atoms with E-state index in [2.05, 4.69) is 33.1 Å². The molecule has 1 heterocycles. The number of amides is 1. The smallest absolute Gasteiger partial charge is 0.250 e. The summed E-state index contributed by atoms with van der Waals surface area (Å²) in [5, 5.41) is 12.5. The average Bonchev–Trinajstić information content (AvgIpc) is 3.14. The molecule has 30 heavy (non-hydrogen) atoms. The van der Waals surface area contributed by atoms with Gasteiger partial charge in [0, 0.05) is 23.3 Å². The Morgan fingerprint density at radius 1 is 1.17 bits per heavy atom. The number of hydrogen-bond donors (Lipinski definition) is 2. The van der Waals surface area contributed by atoms with E-state index < -0.39 is 0 Å². The van der Waals surface area contributed by atoms with Crippen molar-refractivity contribution in [1.82, 2.24) is 20.2 Å². The van der Waals surface area contributed by atoms with Crippen LogP contribution >= 0.6 is 35.6 Å². The molecule has 0 spiro atoms. The first-order chi connectivity index (χ1) is 14.5. The average molecular weight is 458 g/mol. The van der Waals surface area contributed by atoms with Crippen LogP contribution in [0.1, 0.15) is 23.9 Å². The van der Waals surface area contributed by atoms with E-state index >= 15 is 0 Å². The number of carbonyl (C=O) groups is 1. The summed E-state index contributed by atoms with van der Waals surface area (Å²) in [5.74, 6) is 1.12. The molecule has 2 N–H and O–H groups in total. The zero-order chi connectivity index (χ0) is 21.3. The predicted molar refractivity (Wildman–Crippen MR) is 126 cm³/mol. The fourth-order valence-electron chi connectivity index (χ4n) is 2.49. The van der Waals surface area contributed by atoms with Crippen molar-refractivity contribution in [3.8, 4) is 0 Å². The van der Waals surface area contributed by atoms with Gasteiger partial charge in [-0.05, 0) is 41.6 Å². The first-order valence-electron chi connectivity index (χ1n) is 9.22. The van der Waals surface area contributed by atoms with Gasteiger partial charge in [-0.2, -0.15) is 0 Å². The van der Waals surface area contributed by atoms with Crippen LogP contribution in [0, 0.1) is 0 Å². The largest absolute Gasteiger partial charge is 0.298 e. The maximum absolute atomic E-state index is 12.2. The summed E-state index contributed by atoms with van der Waals surface area (Å²) in [5.41, 5.74) is 5.04. The highest BCUT2D eigenvalue weighted by Gasteiger charge is 2.13. The van der Waals surface area contributed by atoms with E-state index in [0.717, 1.165) is 17.1 Å². The Bertz CT molecular complexity index is 1040. The summed E-state index contributed by atoms with van der Waals surface area (Å²) in [6.07, 6.45) is 3.76. The third kappa shape index (κ3) is 6.41. The molecule has 0 fully saturated rings. The number of thiocarbonyl (C=S) groups is 1. The van der Waals surface area contributed by atoms with Crippen LogP contribution in [-0.2, 0) is 17.0 Å². The molecule has 0 saturated heterocycles. The SMILES string of the molecule is CCc1nnc(SCc2ccccc2)n1NC(=S)NC(=O)/C=C/c1ccc(Cl)cc1. The first kappa shape index (κ1) is 22.0. The Labute approximate surface area is 189 Å². The number of hydrogen-bond acceptors (Lipinski definition) is 5. The van der Waals surface area contributed by atoms with Crippen molar-refractivity contribution in [3.63, 3.8) is 0 Å². The van der Waals surface area contributed by atoms with Crippen molar-refractivity contribution in [3.05, 3.63) is 82.6 Å². The number of rotatable bonds is 7. The molecule has 6 nitrogen and oxygen atoms in total. The van der Waals surface area contributed by atoms with Crippen molar-refractivity contribution >= 4 is 52.7 Å². The van der Waals surface area contributed by atoms with Crippen LogP contribution in [0.2, 0.25) is 5.02 Å². The summed E-state index contributed by atoms with van der Waals surface area (Å²) in [4.78, 5) is 12.2. The van der Waals surface area contributed by atoms with Gasteiger partial charge in [0.05, 0.1) is 0 Å². The van der Waals surface area contributed by atoms with E-state index in [1.807, 2.05) is 37.3 Å². The van der Waals surface area contributed by atoms with Crippen LogP contribution < -0.4 is 10.7 Å². The molecule has 0 aliphatic heterocycles. The summed E-state index contributed by atoms with van der Waals surface area (Å²) in [6, 6.07) is 17.3. The zero-order valence-electron chi connectivity index (χ0n) is 16.2. The molecule has 1 aromatic heterocycles. The third-order valence-electron chi connectivity index (χ3n) is 3.97. The van der Waals surface area contributed by atoms with Gasteiger partial charge < -0.3 is 0 Å². The minimum Gasteiger partial charge on any atom is -0.298 e. The molecule has 154 valence electrons. The second kappa shape index (κ2) is 10.9. The normalized spacial score (nSPS) is 10.9. The quantitative estimate of drug-likeness (QED) is 0.310. The van der Waals surface area contributed by atoms with Gasteiger partial charge in [-0.1, -0.05) is 72.8 Å². The molecule has 3 aromatic rings. The summed E-state index contributed by atoms with van der Waals surface area (Å²) in [7, 11) is 0. The molecule has 0 bridgehead atoms. The number of thioether (sulfide) groups is 1. The molecule has 0 aliphatic carbocycles. The minimum absolute atomic E-state index is 0.164. The maximum Gasteiger partial charge on any atom is 0.250 e. The van der Waals surface area contributed by atoms with Gasteiger partial charge in [-0.15, -0.1) is 10.2 Å². The Balaban J connectivity index is 1.60. The molecule has 0 saturated carbocycles. The van der Waals surface area contributed by atoms with E-state index in [1.54, 1.807) is 22.9 Å². The van der Waals surface area contributed by atoms with Crippen LogP contribution in [0.15, 0.2) is 65.8 Å². The second-order valence-electron chi connectivity index (χ2n) is 6.18. The third-order valence-corrected chi connectivity index (χ3v) is 5.42. The number of halogens is 1. The number of benzene rings is 2. The zero-order valence-corrected chi connectivity index (χ0v) is 18.6. The topological polar surface area (TPSA) is 71.8 Å². The van der Waals surface area contributed by atoms with Gasteiger partial charge in [0.1, 0.15) is 0 Å². The maximum atomic E-state index is 12.2. The van der Waals surface area contributed by atoms with Crippen molar-refractivity contribution < 1.29 is 4.79 Å². The van der Waals surface area contributed by atoms with Gasteiger partial charge >= 0.3 is 0 Å². The van der Waals surface area contributed by atoms with Gasteiger partial charge in [-0.25, -0.2) is 4.68 Å². The van der Waals surface area contributed by atoms with E-state index in [0.29, 0.717) is 16.6 Å². The lowest BCUT2D eigenvalue weighted by Crippen LogP contribution is -2.38. The van der Waals surface area contributed by atoms with E-state index in [4.69, 9.17) is 23.8 Å². The number of aromatic nitrogens is 3. The summed E-state index contributed by atoms with van der Waals surface area (Å²) >= 11 is 12.7. The fourth-order valence-corrected chi connectivity index (χ4v) is 3.67. The van der Waals surface area contributed by atoms with Crippen LogP contribution in [0.4, 0.5) is 0 Å². The lowest BCUT2D eigenvalue weighted by atomic mass is 10.2. The molecule has 1 amide bonds. The number of nitrogens with zero attached hydrogens (tertiary/aromatic N) is 3. The van der Waals surface area contributed by atoms with Crippen LogP contribution in [0.5, 0.6) is 0 Å². The van der Waals surface area contributed by atoms with Gasteiger partial charge in [0.15, 0.2) is 10.9 Å². The van der Waals surface area contributed by atoms with Crippen molar-refractivity contribution in [2.75, 3.05) is 5.43 Å². The molecule has 2 aromatic carbocycles. The van der Waals surface area contributed by atoms with Gasteiger partial charge in [-0.3, -0.25) is 15.5 Å². The number of nitrogens with one attached hydrogen (secondary N) is 2. The standard InChI is InChI=1S/C21H20ClN5OS2/c1-2-18-24-25-21(30-14-16-6-4-3-5-7-16)27(18)26-20(29)23-19(28)13-10-15-8-11-17(22)12-9-15/h3-13H,2,14H2,1H3,(H2,23,26,28,29)/b13-10+. The molecule has 0 unspecified atom stereocenters. The Morgan fingerprint density at radius 2 is 1.90 bits per heavy atom. The molecule has 0 atom stereocenters. The molecule has 0 aliphatic rings. The molecular weight excluding hydrogens is 438 g/mol. The minimum atomic E-state index is -0.341. The van der Waals surface area contributed by atoms with Crippen LogP contribution in [0.3, 0.4) is 0 Å². The fraction of sp³-hybridized carbons (Fsp3) is 0.143.